The highest BCUT2D eigenvalue weighted by molar-refractivity contribution is 7.98. The highest BCUT2D eigenvalue weighted by Gasteiger charge is 2.12. The fraction of sp³-hybridized carbons (Fsp3) is 0.261. The lowest BCUT2D eigenvalue weighted by molar-refractivity contribution is -0.122. The summed E-state index contributed by atoms with van der Waals surface area (Å²) in [5.74, 6) is 0.204. The van der Waals surface area contributed by atoms with E-state index < -0.39 is 0 Å². The number of nitrogens with zero attached hydrogens (tertiary/aromatic N) is 2. The molecule has 1 aromatic carbocycles. The van der Waals surface area contributed by atoms with E-state index in [0.29, 0.717) is 24.6 Å². The summed E-state index contributed by atoms with van der Waals surface area (Å²) in [5, 5.41) is 6.80. The average molecular weight is 438 g/mol. The van der Waals surface area contributed by atoms with E-state index in [4.69, 9.17) is 5.73 Å². The Morgan fingerprint density at radius 1 is 1.13 bits per heavy atom. The predicted molar refractivity (Wildman–Crippen MR) is 126 cm³/mol. The maximum atomic E-state index is 13.0. The van der Waals surface area contributed by atoms with Gasteiger partial charge in [-0.25, -0.2) is 4.98 Å². The second-order valence-electron chi connectivity index (χ2n) is 7.10. The zero-order valence-corrected chi connectivity index (χ0v) is 18.5. The van der Waals surface area contributed by atoms with Crippen molar-refractivity contribution in [2.24, 2.45) is 0 Å². The minimum absolute atomic E-state index is 0.0509. The van der Waals surface area contributed by atoms with Crippen molar-refractivity contribution >= 4 is 29.2 Å². The first kappa shape index (κ1) is 22.4. The molecule has 0 aliphatic rings. The molecule has 0 saturated carbocycles. The number of carbonyl (C=O) groups excluding carboxylic acids is 1. The first-order chi connectivity index (χ1) is 15.0. The molecule has 0 spiro atoms. The molecule has 0 aliphatic carbocycles. The molecule has 0 bridgehead atoms. The number of hydrogen-bond acceptors (Lipinski definition) is 6. The number of carbonyl (C=O) groups is 1. The number of aryl methyl sites for hydroxylation is 1. The molecule has 8 heteroatoms. The van der Waals surface area contributed by atoms with E-state index >= 15 is 0 Å². The van der Waals surface area contributed by atoms with Crippen molar-refractivity contribution in [3.63, 3.8) is 0 Å². The molecule has 0 unspecified atom stereocenters. The molecule has 2 heterocycles. The van der Waals surface area contributed by atoms with Crippen LogP contribution in [0.15, 0.2) is 64.4 Å². The molecule has 0 saturated heterocycles. The summed E-state index contributed by atoms with van der Waals surface area (Å²) in [6.45, 7) is 2.76. The third kappa shape index (κ3) is 6.11. The second-order valence-corrected chi connectivity index (χ2v) is 7.93. The van der Waals surface area contributed by atoms with E-state index in [1.165, 1.54) is 21.9 Å². The Balaban J connectivity index is 1.65. The van der Waals surface area contributed by atoms with Crippen molar-refractivity contribution in [1.29, 1.82) is 0 Å². The Hall–Kier alpha value is -3.26. The number of aromatic nitrogens is 2. The summed E-state index contributed by atoms with van der Waals surface area (Å²) >= 11 is 1.43. The van der Waals surface area contributed by atoms with Crippen LogP contribution < -0.4 is 21.9 Å². The minimum atomic E-state index is -0.241. The highest BCUT2D eigenvalue weighted by atomic mass is 32.2. The van der Waals surface area contributed by atoms with Crippen molar-refractivity contribution in [2.45, 2.75) is 31.5 Å². The van der Waals surface area contributed by atoms with Crippen LogP contribution in [0.2, 0.25) is 0 Å². The minimum Gasteiger partial charge on any atom is -0.384 e. The molecular weight excluding hydrogens is 410 g/mol. The van der Waals surface area contributed by atoms with E-state index in [2.05, 4.69) is 27.8 Å². The number of nitrogens with two attached hydrogens (primary N) is 1. The number of thioether (sulfide) groups is 1. The number of rotatable bonds is 9. The van der Waals surface area contributed by atoms with E-state index in [-0.39, 0.29) is 18.0 Å². The summed E-state index contributed by atoms with van der Waals surface area (Å²) in [6, 6.07) is 17.3. The van der Waals surface area contributed by atoms with Gasteiger partial charge >= 0.3 is 0 Å². The first-order valence-electron chi connectivity index (χ1n) is 10.0. The lowest BCUT2D eigenvalue weighted by Crippen LogP contribution is -2.34. The predicted octanol–water partition coefficient (Wildman–Crippen LogP) is 2.83. The fourth-order valence-corrected chi connectivity index (χ4v) is 3.77. The van der Waals surface area contributed by atoms with Crippen LogP contribution in [0.3, 0.4) is 0 Å². The van der Waals surface area contributed by atoms with Gasteiger partial charge in [0.25, 0.3) is 5.56 Å². The van der Waals surface area contributed by atoms with Gasteiger partial charge in [0.2, 0.25) is 5.91 Å². The SMILES string of the molecule is CSc1ccc(NCCc2ccccc2)c(=O)n1CC(=O)NCc1ccc(N)nc1C. The van der Waals surface area contributed by atoms with Crippen LogP contribution in [-0.4, -0.2) is 28.3 Å². The normalized spacial score (nSPS) is 10.6. The standard InChI is InChI=1S/C23H27N5O2S/c1-16-18(8-10-20(24)27-16)14-26-21(29)15-28-22(31-2)11-9-19(23(28)30)25-13-12-17-6-4-3-5-7-17/h3-11,25H,12-15H2,1-2H3,(H2,24,27)(H,26,29). The van der Waals surface area contributed by atoms with Crippen molar-refractivity contribution in [1.82, 2.24) is 14.9 Å². The quantitative estimate of drug-likeness (QED) is 0.445. The Labute approximate surface area is 186 Å². The maximum Gasteiger partial charge on any atom is 0.275 e. The van der Waals surface area contributed by atoms with E-state index in [1.54, 1.807) is 12.1 Å². The molecule has 4 N–H and O–H groups in total. The number of anilines is 2. The topological polar surface area (TPSA) is 102 Å². The first-order valence-corrected chi connectivity index (χ1v) is 11.2. The zero-order chi connectivity index (χ0) is 22.2. The largest absolute Gasteiger partial charge is 0.384 e. The van der Waals surface area contributed by atoms with Crippen LogP contribution in [-0.2, 0) is 24.3 Å². The highest BCUT2D eigenvalue weighted by Crippen LogP contribution is 2.15. The third-order valence-electron chi connectivity index (χ3n) is 4.91. The molecule has 2 aromatic heterocycles. The molecule has 31 heavy (non-hydrogen) atoms. The van der Waals surface area contributed by atoms with Crippen molar-refractivity contribution < 1.29 is 4.79 Å². The molecule has 0 fully saturated rings. The average Bonchev–Trinajstić information content (AvgIpc) is 2.76. The molecule has 162 valence electrons. The van der Waals surface area contributed by atoms with Gasteiger partial charge in [0.05, 0.1) is 5.03 Å². The van der Waals surface area contributed by atoms with Crippen LogP contribution in [0.4, 0.5) is 11.5 Å². The van der Waals surface area contributed by atoms with Crippen LogP contribution in [0, 0.1) is 6.92 Å². The number of nitrogens with one attached hydrogen (secondary N) is 2. The van der Waals surface area contributed by atoms with E-state index in [1.807, 2.05) is 43.5 Å². The summed E-state index contributed by atoms with van der Waals surface area (Å²) in [4.78, 5) is 29.7. The molecule has 0 radical (unpaired) electrons. The monoisotopic (exact) mass is 437 g/mol. The second kappa shape index (κ2) is 10.7. The lowest BCUT2D eigenvalue weighted by atomic mass is 10.1. The number of benzene rings is 1. The van der Waals surface area contributed by atoms with Crippen molar-refractivity contribution in [3.05, 3.63) is 81.8 Å². The lowest BCUT2D eigenvalue weighted by Gasteiger charge is -2.14. The summed E-state index contributed by atoms with van der Waals surface area (Å²) < 4.78 is 1.50. The van der Waals surface area contributed by atoms with E-state index in [9.17, 15) is 9.59 Å². The molecule has 3 aromatic rings. The van der Waals surface area contributed by atoms with Crippen molar-refractivity contribution in [2.75, 3.05) is 23.9 Å². The fourth-order valence-electron chi connectivity index (χ4n) is 3.20. The van der Waals surface area contributed by atoms with E-state index in [0.717, 1.165) is 22.7 Å². The third-order valence-corrected chi connectivity index (χ3v) is 5.68. The number of nitrogen functional groups attached to an aromatic ring is 1. The van der Waals surface area contributed by atoms with Gasteiger partial charge in [-0.1, -0.05) is 36.4 Å². The Morgan fingerprint density at radius 2 is 1.90 bits per heavy atom. The molecule has 7 nitrogen and oxygen atoms in total. The number of pyridine rings is 2. The molecular formula is C23H27N5O2S. The summed E-state index contributed by atoms with van der Waals surface area (Å²) in [5.41, 5.74) is 8.80. The number of amides is 1. The van der Waals surface area contributed by atoms with Gasteiger partial charge in [-0.15, -0.1) is 11.8 Å². The molecule has 1 amide bonds. The Bertz CT molecular complexity index is 1100. The van der Waals surface area contributed by atoms with Gasteiger partial charge in [0, 0.05) is 18.8 Å². The van der Waals surface area contributed by atoms with Gasteiger partial charge in [-0.3, -0.25) is 14.2 Å². The summed E-state index contributed by atoms with van der Waals surface area (Å²) in [7, 11) is 0. The van der Waals surface area contributed by atoms with Gasteiger partial charge in [-0.05, 0) is 48.9 Å². The maximum absolute atomic E-state index is 13.0. The van der Waals surface area contributed by atoms with Gasteiger partial charge in [-0.2, -0.15) is 0 Å². The van der Waals surface area contributed by atoms with Gasteiger partial charge in [0.15, 0.2) is 0 Å². The van der Waals surface area contributed by atoms with Gasteiger partial charge in [0.1, 0.15) is 18.1 Å². The van der Waals surface area contributed by atoms with Crippen LogP contribution in [0.5, 0.6) is 0 Å². The molecule has 0 aliphatic heterocycles. The summed E-state index contributed by atoms with van der Waals surface area (Å²) in [6.07, 6.45) is 2.69. The Morgan fingerprint density at radius 3 is 2.61 bits per heavy atom. The van der Waals surface area contributed by atoms with Crippen molar-refractivity contribution in [3.8, 4) is 0 Å². The van der Waals surface area contributed by atoms with Gasteiger partial charge < -0.3 is 16.4 Å². The van der Waals surface area contributed by atoms with Crippen LogP contribution in [0.25, 0.3) is 0 Å². The Kier molecular flexibility index (Phi) is 7.72. The molecule has 3 rings (SSSR count). The number of hydrogen-bond donors (Lipinski definition) is 3. The smallest absolute Gasteiger partial charge is 0.275 e. The van der Waals surface area contributed by atoms with Crippen LogP contribution >= 0.6 is 11.8 Å². The zero-order valence-electron chi connectivity index (χ0n) is 17.7. The van der Waals surface area contributed by atoms with Crippen LogP contribution in [0.1, 0.15) is 16.8 Å². The molecule has 0 atom stereocenters.